The first-order valence-corrected chi connectivity index (χ1v) is 7.47. The number of aryl methyl sites for hydroxylation is 1. The van der Waals surface area contributed by atoms with Crippen LogP contribution in [0.15, 0.2) is 16.6 Å². The summed E-state index contributed by atoms with van der Waals surface area (Å²) in [4.78, 5) is 25.7. The van der Waals surface area contributed by atoms with E-state index < -0.39 is 6.09 Å². The fraction of sp³-hybridized carbons (Fsp3) is 0.375. The van der Waals surface area contributed by atoms with Gasteiger partial charge in [0.2, 0.25) is 5.78 Å². The van der Waals surface area contributed by atoms with Crippen LogP contribution in [-0.4, -0.2) is 29.9 Å². The van der Waals surface area contributed by atoms with E-state index in [4.69, 9.17) is 4.74 Å². The van der Waals surface area contributed by atoms with Crippen molar-refractivity contribution in [3.8, 4) is 17.6 Å². The molecule has 0 atom stereocenters. The molecule has 1 rings (SSSR count). The van der Waals surface area contributed by atoms with Crippen LogP contribution in [0.5, 0.6) is 5.75 Å². The summed E-state index contributed by atoms with van der Waals surface area (Å²) >= 11 is 3.34. The largest absolute Gasteiger partial charge is 0.415 e. The van der Waals surface area contributed by atoms with Crippen LogP contribution in [0.2, 0.25) is 0 Å². The van der Waals surface area contributed by atoms with Crippen molar-refractivity contribution in [2.45, 2.75) is 27.7 Å². The maximum atomic E-state index is 12.1. The lowest BCUT2D eigenvalue weighted by Crippen LogP contribution is -2.33. The Labute approximate surface area is 133 Å². The molecule has 0 bridgehead atoms. The van der Waals surface area contributed by atoms with E-state index in [1.165, 1.54) is 0 Å². The van der Waals surface area contributed by atoms with Crippen LogP contribution in [-0.2, 0) is 0 Å². The van der Waals surface area contributed by atoms with Crippen molar-refractivity contribution >= 4 is 27.8 Å². The number of hydrogen-bond donors (Lipinski definition) is 0. The Kier molecular flexibility index (Phi) is 6.44. The third-order valence-electron chi connectivity index (χ3n) is 2.93. The molecule has 1 aromatic rings. The van der Waals surface area contributed by atoms with E-state index in [9.17, 15) is 9.59 Å². The Balaban J connectivity index is 3.24. The van der Waals surface area contributed by atoms with Crippen molar-refractivity contribution < 1.29 is 14.3 Å². The standard InChI is InChI=1S/C16H18BrNO3/c1-5-8-14(19)13-10-12(17)9-11(4)15(13)21-16(20)18(6-2)7-3/h9-10H,6-7H2,1-4H3. The highest BCUT2D eigenvalue weighted by molar-refractivity contribution is 9.10. The summed E-state index contributed by atoms with van der Waals surface area (Å²) in [5.41, 5.74) is 0.989. The van der Waals surface area contributed by atoms with Crippen molar-refractivity contribution in [3.63, 3.8) is 0 Å². The SMILES string of the molecule is CC#CC(=O)c1cc(Br)cc(C)c1OC(=O)N(CC)CC. The molecule has 0 saturated heterocycles. The summed E-state index contributed by atoms with van der Waals surface area (Å²) < 4.78 is 6.16. The molecule has 0 heterocycles. The van der Waals surface area contributed by atoms with E-state index >= 15 is 0 Å². The van der Waals surface area contributed by atoms with Gasteiger partial charge in [-0.2, -0.15) is 0 Å². The molecule has 0 unspecified atom stereocenters. The lowest BCUT2D eigenvalue weighted by Gasteiger charge is -2.19. The first-order chi connectivity index (χ1) is 9.94. The van der Waals surface area contributed by atoms with Gasteiger partial charge >= 0.3 is 6.09 Å². The van der Waals surface area contributed by atoms with Gasteiger partial charge in [0.05, 0.1) is 5.56 Å². The zero-order valence-corrected chi connectivity index (χ0v) is 14.2. The number of halogens is 1. The molecule has 0 aliphatic carbocycles. The van der Waals surface area contributed by atoms with Gasteiger partial charge in [-0.3, -0.25) is 4.79 Å². The Morgan fingerprint density at radius 1 is 1.29 bits per heavy atom. The van der Waals surface area contributed by atoms with Gasteiger partial charge in [0.15, 0.2) is 0 Å². The molecule has 1 aromatic carbocycles. The number of nitrogens with zero attached hydrogens (tertiary/aromatic N) is 1. The topological polar surface area (TPSA) is 46.6 Å². The number of Topliss-reactive ketones (excluding diaryl/α,β-unsaturated/α-hetero) is 1. The Bertz CT molecular complexity index is 610. The molecule has 112 valence electrons. The van der Waals surface area contributed by atoms with Crippen LogP contribution >= 0.6 is 15.9 Å². The minimum atomic E-state index is -0.469. The Hall–Kier alpha value is -1.80. The van der Waals surface area contributed by atoms with E-state index in [0.717, 1.165) is 4.47 Å². The maximum Gasteiger partial charge on any atom is 0.415 e. The van der Waals surface area contributed by atoms with Gasteiger partial charge in [0.1, 0.15) is 5.75 Å². The predicted molar refractivity (Wildman–Crippen MR) is 85.6 cm³/mol. The van der Waals surface area contributed by atoms with E-state index in [0.29, 0.717) is 18.7 Å². The van der Waals surface area contributed by atoms with Crippen LogP contribution in [0.3, 0.4) is 0 Å². The summed E-state index contributed by atoms with van der Waals surface area (Å²) in [7, 11) is 0. The molecular formula is C16H18BrNO3. The molecule has 0 aliphatic rings. The molecule has 0 N–H and O–H groups in total. The first kappa shape index (κ1) is 17.3. The van der Waals surface area contributed by atoms with Crippen molar-refractivity contribution in [1.82, 2.24) is 4.90 Å². The summed E-state index contributed by atoms with van der Waals surface area (Å²) in [5, 5.41) is 0. The van der Waals surface area contributed by atoms with Crippen molar-refractivity contribution in [2.75, 3.05) is 13.1 Å². The molecule has 0 saturated carbocycles. The van der Waals surface area contributed by atoms with Crippen LogP contribution in [0, 0.1) is 18.8 Å². The Morgan fingerprint density at radius 3 is 2.43 bits per heavy atom. The number of rotatable bonds is 4. The zero-order chi connectivity index (χ0) is 16.0. The zero-order valence-electron chi connectivity index (χ0n) is 12.6. The second-order valence-corrected chi connectivity index (χ2v) is 5.26. The Morgan fingerprint density at radius 2 is 1.90 bits per heavy atom. The number of hydrogen-bond acceptors (Lipinski definition) is 3. The van der Waals surface area contributed by atoms with Gasteiger partial charge < -0.3 is 9.64 Å². The molecule has 0 spiro atoms. The van der Waals surface area contributed by atoms with Crippen molar-refractivity contribution in [1.29, 1.82) is 0 Å². The maximum absolute atomic E-state index is 12.1. The number of carbonyl (C=O) groups is 2. The van der Waals surface area contributed by atoms with Gasteiger partial charge in [0, 0.05) is 17.6 Å². The highest BCUT2D eigenvalue weighted by Crippen LogP contribution is 2.29. The fourth-order valence-corrected chi connectivity index (χ4v) is 2.42. The average Bonchev–Trinajstić information content (AvgIpc) is 2.43. The number of ketones is 1. The highest BCUT2D eigenvalue weighted by atomic mass is 79.9. The minimum absolute atomic E-state index is 0.267. The third-order valence-corrected chi connectivity index (χ3v) is 3.39. The van der Waals surface area contributed by atoms with Crippen molar-refractivity contribution in [2.24, 2.45) is 0 Å². The third kappa shape index (κ3) is 4.33. The monoisotopic (exact) mass is 351 g/mol. The normalized spacial score (nSPS) is 9.57. The quantitative estimate of drug-likeness (QED) is 0.470. The molecule has 5 heteroatoms. The second kappa shape index (κ2) is 7.84. The average molecular weight is 352 g/mol. The first-order valence-electron chi connectivity index (χ1n) is 6.68. The lowest BCUT2D eigenvalue weighted by molar-refractivity contribution is 0.105. The molecule has 0 radical (unpaired) electrons. The summed E-state index contributed by atoms with van der Waals surface area (Å²) in [6.45, 7) is 8.20. The number of ether oxygens (including phenoxy) is 1. The molecule has 1 amide bonds. The highest BCUT2D eigenvalue weighted by Gasteiger charge is 2.20. The summed E-state index contributed by atoms with van der Waals surface area (Å²) in [6, 6.07) is 3.41. The van der Waals surface area contributed by atoms with Gasteiger partial charge in [-0.25, -0.2) is 4.79 Å². The molecule has 0 fully saturated rings. The van der Waals surface area contributed by atoms with Crippen LogP contribution in [0.1, 0.15) is 36.7 Å². The number of carbonyl (C=O) groups excluding carboxylic acids is 2. The predicted octanol–water partition coefficient (Wildman–Crippen LogP) is 3.80. The molecule has 0 aromatic heterocycles. The second-order valence-electron chi connectivity index (χ2n) is 4.34. The van der Waals surface area contributed by atoms with Crippen LogP contribution < -0.4 is 4.74 Å². The minimum Gasteiger partial charge on any atom is -0.409 e. The van der Waals surface area contributed by atoms with E-state index in [1.807, 2.05) is 13.8 Å². The van der Waals surface area contributed by atoms with Crippen LogP contribution in [0.25, 0.3) is 0 Å². The molecular weight excluding hydrogens is 334 g/mol. The van der Waals surface area contributed by atoms with E-state index in [-0.39, 0.29) is 17.1 Å². The van der Waals surface area contributed by atoms with Crippen molar-refractivity contribution in [3.05, 3.63) is 27.7 Å². The van der Waals surface area contributed by atoms with Crippen LogP contribution in [0.4, 0.5) is 4.79 Å². The smallest absolute Gasteiger partial charge is 0.409 e. The van der Waals surface area contributed by atoms with Gasteiger partial charge in [-0.05, 0) is 51.3 Å². The fourth-order valence-electron chi connectivity index (χ4n) is 1.85. The van der Waals surface area contributed by atoms with Gasteiger partial charge in [0.25, 0.3) is 0 Å². The summed E-state index contributed by atoms with van der Waals surface area (Å²) in [6.07, 6.45) is -0.469. The number of benzene rings is 1. The molecule has 4 nitrogen and oxygen atoms in total. The summed E-state index contributed by atoms with van der Waals surface area (Å²) in [5.74, 6) is 4.93. The number of amides is 1. The van der Waals surface area contributed by atoms with Gasteiger partial charge in [-0.1, -0.05) is 21.9 Å². The van der Waals surface area contributed by atoms with Gasteiger partial charge in [-0.15, -0.1) is 0 Å². The lowest BCUT2D eigenvalue weighted by atomic mass is 10.1. The van der Waals surface area contributed by atoms with E-state index in [2.05, 4.69) is 27.8 Å². The van der Waals surface area contributed by atoms with E-state index in [1.54, 1.807) is 30.9 Å². The molecule has 21 heavy (non-hydrogen) atoms. The molecule has 0 aliphatic heterocycles.